The summed E-state index contributed by atoms with van der Waals surface area (Å²) in [6, 6.07) is 0. The maximum atomic E-state index is 4.67. The molecular weight excluding hydrogens is 544 g/mol. The Morgan fingerprint density at radius 2 is 0.578 bits per heavy atom. The van der Waals surface area contributed by atoms with Gasteiger partial charge in [0.05, 0.1) is 12.0 Å². The molecule has 45 heavy (non-hydrogen) atoms. The van der Waals surface area contributed by atoms with E-state index < -0.39 is 0 Å². The predicted octanol–water partition coefficient (Wildman–Crippen LogP) is 15.6. The van der Waals surface area contributed by atoms with Gasteiger partial charge in [0.25, 0.3) is 0 Å². The Morgan fingerprint density at radius 3 is 0.867 bits per heavy atom. The van der Waals surface area contributed by atoms with Gasteiger partial charge in [-0.05, 0) is 25.7 Å². The van der Waals surface area contributed by atoms with Crippen LogP contribution >= 0.6 is 0 Å². The first-order valence-corrected chi connectivity index (χ1v) is 21.4. The lowest BCUT2D eigenvalue weighted by Gasteiger charge is -2.05. The van der Waals surface area contributed by atoms with Gasteiger partial charge in [-0.25, -0.2) is 4.98 Å². The molecule has 1 aromatic heterocycles. The van der Waals surface area contributed by atoms with Crippen LogP contribution in [0.3, 0.4) is 0 Å². The first kappa shape index (κ1) is 42.2. The number of H-pyrrole nitrogens is 1. The van der Waals surface area contributed by atoms with Gasteiger partial charge in [-0.15, -0.1) is 0 Å². The van der Waals surface area contributed by atoms with Crippen LogP contribution in [0.15, 0.2) is 6.33 Å². The van der Waals surface area contributed by atoms with Crippen LogP contribution in [0.25, 0.3) is 0 Å². The fraction of sp³-hybridized carbons (Fsp3) is 0.930. The van der Waals surface area contributed by atoms with Crippen molar-refractivity contribution in [1.82, 2.24) is 9.97 Å². The molecule has 0 unspecified atom stereocenters. The van der Waals surface area contributed by atoms with Crippen LogP contribution in [0.1, 0.15) is 256 Å². The van der Waals surface area contributed by atoms with E-state index in [1.807, 2.05) is 6.33 Å². The number of hydrogen-bond donors (Lipinski definition) is 1. The molecule has 0 atom stereocenters. The standard InChI is InChI=1S/C43H84N2/c1-3-5-7-9-11-13-15-17-19-21-23-25-27-29-31-33-35-37-39-42-43(45-41-44-42)40-38-36-34-32-30-28-26-24-22-20-18-16-14-12-10-8-6-4-2/h41H,3-40H2,1-2H3,(H,44,45). The van der Waals surface area contributed by atoms with Crippen LogP contribution in [0.4, 0.5) is 0 Å². The van der Waals surface area contributed by atoms with E-state index in [1.165, 1.54) is 255 Å². The molecular formula is C43H84N2. The molecule has 0 aromatic carbocycles. The minimum Gasteiger partial charge on any atom is -0.348 e. The molecule has 2 nitrogen and oxygen atoms in total. The summed E-state index contributed by atoms with van der Waals surface area (Å²) in [7, 11) is 0. The van der Waals surface area contributed by atoms with E-state index in [4.69, 9.17) is 0 Å². The van der Waals surface area contributed by atoms with E-state index in [0.717, 1.165) is 0 Å². The maximum Gasteiger partial charge on any atom is 0.0925 e. The van der Waals surface area contributed by atoms with Gasteiger partial charge in [0.15, 0.2) is 0 Å². The highest BCUT2D eigenvalue weighted by Crippen LogP contribution is 2.18. The van der Waals surface area contributed by atoms with E-state index >= 15 is 0 Å². The quantitative estimate of drug-likeness (QED) is 0.0725. The Kier molecular flexibility index (Phi) is 33.8. The van der Waals surface area contributed by atoms with Crippen molar-refractivity contribution in [3.05, 3.63) is 17.7 Å². The minimum absolute atomic E-state index is 1.18. The second-order valence-electron chi connectivity index (χ2n) is 14.8. The summed E-state index contributed by atoms with van der Waals surface area (Å²) in [6.07, 6.45) is 56.3. The SMILES string of the molecule is CCCCCCCCCCCCCCCCCCCCc1nc[nH]c1CCCCCCCCCCCCCCCCCCCC. The molecule has 0 spiro atoms. The molecule has 2 heteroatoms. The third kappa shape index (κ3) is 30.3. The van der Waals surface area contributed by atoms with Crippen LogP contribution in [-0.2, 0) is 12.8 Å². The zero-order valence-corrected chi connectivity index (χ0v) is 31.4. The summed E-state index contributed by atoms with van der Waals surface area (Å²) in [5.41, 5.74) is 2.79. The third-order valence-corrected chi connectivity index (χ3v) is 10.4. The van der Waals surface area contributed by atoms with Crippen LogP contribution in [0.2, 0.25) is 0 Å². The Morgan fingerprint density at radius 1 is 0.333 bits per heavy atom. The lowest BCUT2D eigenvalue weighted by molar-refractivity contribution is 0.524. The molecule has 0 saturated heterocycles. The van der Waals surface area contributed by atoms with Crippen LogP contribution in [0.5, 0.6) is 0 Å². The fourth-order valence-electron chi connectivity index (χ4n) is 7.18. The second kappa shape index (κ2) is 36.1. The van der Waals surface area contributed by atoms with Gasteiger partial charge in [0.2, 0.25) is 0 Å². The Labute approximate surface area is 284 Å². The zero-order valence-electron chi connectivity index (χ0n) is 31.4. The highest BCUT2D eigenvalue weighted by atomic mass is 14.9. The minimum atomic E-state index is 1.18. The molecule has 1 N–H and O–H groups in total. The van der Waals surface area contributed by atoms with Crippen molar-refractivity contribution >= 4 is 0 Å². The molecule has 0 amide bonds. The third-order valence-electron chi connectivity index (χ3n) is 10.4. The summed E-state index contributed by atoms with van der Waals surface area (Å²) in [5, 5.41) is 0. The van der Waals surface area contributed by atoms with E-state index in [1.54, 1.807) is 0 Å². The molecule has 0 aliphatic heterocycles. The van der Waals surface area contributed by atoms with Crippen LogP contribution in [0, 0.1) is 0 Å². The second-order valence-corrected chi connectivity index (χ2v) is 14.8. The summed E-state index contributed by atoms with van der Waals surface area (Å²) < 4.78 is 0. The Hall–Kier alpha value is -0.790. The number of nitrogens with one attached hydrogen (secondary N) is 1. The average molecular weight is 629 g/mol. The predicted molar refractivity (Wildman–Crippen MR) is 204 cm³/mol. The fourth-order valence-corrected chi connectivity index (χ4v) is 7.18. The average Bonchev–Trinajstić information content (AvgIpc) is 3.50. The summed E-state index contributed by atoms with van der Waals surface area (Å²) >= 11 is 0. The van der Waals surface area contributed by atoms with Gasteiger partial charge in [-0.1, -0.05) is 232 Å². The van der Waals surface area contributed by atoms with Crippen LogP contribution in [-0.4, -0.2) is 9.97 Å². The molecule has 1 heterocycles. The monoisotopic (exact) mass is 629 g/mol. The first-order chi connectivity index (χ1) is 22.4. The number of nitrogens with zero attached hydrogens (tertiary/aromatic N) is 1. The summed E-state index contributed by atoms with van der Waals surface area (Å²) in [6.45, 7) is 4.61. The topological polar surface area (TPSA) is 28.7 Å². The molecule has 1 rings (SSSR count). The van der Waals surface area contributed by atoms with Crippen LogP contribution < -0.4 is 0 Å². The van der Waals surface area contributed by atoms with E-state index in [2.05, 4.69) is 23.8 Å². The summed E-state index contributed by atoms with van der Waals surface area (Å²) in [4.78, 5) is 8.13. The van der Waals surface area contributed by atoms with Gasteiger partial charge in [-0.2, -0.15) is 0 Å². The largest absolute Gasteiger partial charge is 0.348 e. The van der Waals surface area contributed by atoms with Gasteiger partial charge in [0, 0.05) is 5.69 Å². The first-order valence-electron chi connectivity index (χ1n) is 21.4. The number of aryl methyl sites for hydroxylation is 2. The number of aromatic nitrogens is 2. The van der Waals surface area contributed by atoms with Crippen molar-refractivity contribution in [2.45, 2.75) is 258 Å². The molecule has 0 bridgehead atoms. The molecule has 0 radical (unpaired) electrons. The van der Waals surface area contributed by atoms with Crippen molar-refractivity contribution in [1.29, 1.82) is 0 Å². The maximum absolute atomic E-state index is 4.67. The molecule has 0 fully saturated rings. The molecule has 0 aliphatic carbocycles. The van der Waals surface area contributed by atoms with E-state index in [9.17, 15) is 0 Å². The van der Waals surface area contributed by atoms with E-state index in [0.29, 0.717) is 0 Å². The van der Waals surface area contributed by atoms with Gasteiger partial charge in [-0.3, -0.25) is 0 Å². The van der Waals surface area contributed by atoms with Gasteiger partial charge >= 0.3 is 0 Å². The highest BCUT2D eigenvalue weighted by Gasteiger charge is 2.05. The zero-order chi connectivity index (χ0) is 32.1. The van der Waals surface area contributed by atoms with Crippen molar-refractivity contribution in [3.63, 3.8) is 0 Å². The lowest BCUT2D eigenvalue weighted by atomic mass is 10.0. The molecule has 1 aromatic rings. The smallest absolute Gasteiger partial charge is 0.0925 e. The molecule has 0 aliphatic rings. The normalized spacial score (nSPS) is 11.6. The van der Waals surface area contributed by atoms with Crippen molar-refractivity contribution in [2.75, 3.05) is 0 Å². The Balaban J connectivity index is 1.80. The highest BCUT2D eigenvalue weighted by molar-refractivity contribution is 5.11. The number of rotatable bonds is 38. The van der Waals surface area contributed by atoms with Crippen molar-refractivity contribution < 1.29 is 0 Å². The van der Waals surface area contributed by atoms with Gasteiger partial charge < -0.3 is 4.98 Å². The number of imidazole rings is 1. The van der Waals surface area contributed by atoms with E-state index in [-0.39, 0.29) is 0 Å². The van der Waals surface area contributed by atoms with Gasteiger partial charge in [0.1, 0.15) is 0 Å². The molecule has 266 valence electrons. The molecule has 0 saturated carbocycles. The van der Waals surface area contributed by atoms with Crippen molar-refractivity contribution in [2.24, 2.45) is 0 Å². The summed E-state index contributed by atoms with van der Waals surface area (Å²) in [5.74, 6) is 0. The number of aromatic amines is 1. The van der Waals surface area contributed by atoms with Crippen molar-refractivity contribution in [3.8, 4) is 0 Å². The number of hydrogen-bond acceptors (Lipinski definition) is 1. The lowest BCUT2D eigenvalue weighted by Crippen LogP contribution is -1.95. The Bertz CT molecular complexity index is 610. The number of unbranched alkanes of at least 4 members (excludes halogenated alkanes) is 34.